The van der Waals surface area contributed by atoms with Crippen LogP contribution in [0.25, 0.3) is 22.0 Å². The van der Waals surface area contributed by atoms with E-state index in [0.29, 0.717) is 5.92 Å². The molecule has 1 saturated heterocycles. The quantitative estimate of drug-likeness (QED) is 0.330. The Balaban J connectivity index is 1.28. The van der Waals surface area contributed by atoms with Crippen LogP contribution in [0.3, 0.4) is 0 Å². The van der Waals surface area contributed by atoms with E-state index in [4.69, 9.17) is 4.74 Å². The summed E-state index contributed by atoms with van der Waals surface area (Å²) in [6.45, 7) is 3.67. The summed E-state index contributed by atoms with van der Waals surface area (Å²) in [5.74, 6) is 1.55. The van der Waals surface area contributed by atoms with Crippen LogP contribution >= 0.6 is 0 Å². The number of likely N-dealkylation sites (tertiary alicyclic amines) is 1. The number of benzene rings is 3. The van der Waals surface area contributed by atoms with Crippen molar-refractivity contribution in [2.45, 2.75) is 32.6 Å². The summed E-state index contributed by atoms with van der Waals surface area (Å²) in [5.41, 5.74) is 6.35. The molecule has 3 aromatic carbocycles. The number of pyridine rings is 1. The summed E-state index contributed by atoms with van der Waals surface area (Å²) in [7, 11) is 1.67. The number of aromatic nitrogens is 1. The van der Waals surface area contributed by atoms with Gasteiger partial charge in [0.1, 0.15) is 5.75 Å². The molecule has 0 aliphatic carbocycles. The highest BCUT2D eigenvalue weighted by Gasteiger charge is 2.23. The van der Waals surface area contributed by atoms with Gasteiger partial charge in [-0.1, -0.05) is 42.5 Å². The molecule has 0 radical (unpaired) electrons. The minimum atomic E-state index is 0.144. The number of ether oxygens (including phenoxy) is 1. The molecular weight excluding hydrogens is 432 g/mol. The van der Waals surface area contributed by atoms with E-state index in [1.807, 2.05) is 48.7 Å². The average molecular weight is 465 g/mol. The van der Waals surface area contributed by atoms with Crippen LogP contribution in [0.5, 0.6) is 5.75 Å². The lowest BCUT2D eigenvalue weighted by Gasteiger charge is -2.22. The molecule has 0 bridgehead atoms. The summed E-state index contributed by atoms with van der Waals surface area (Å²) < 4.78 is 5.29. The normalized spacial score (nSPS) is 16.2. The molecule has 178 valence electrons. The molecule has 1 atom stereocenters. The molecule has 4 heteroatoms. The van der Waals surface area contributed by atoms with Crippen LogP contribution < -0.4 is 4.74 Å². The standard InChI is InChI=1S/C31H32N2O2/c1-22-28(25-12-14-27(35-2)15-13-25)9-5-10-29(22)31(34)33-17-6-7-23(16-18-33)19-24-20-26-8-3-4-11-30(26)32-21-24/h3-5,8-15,20-21,23H,6-7,16-19H2,1-2H3. The van der Waals surface area contributed by atoms with Crippen molar-refractivity contribution in [1.82, 2.24) is 9.88 Å². The summed E-state index contributed by atoms with van der Waals surface area (Å²) in [4.78, 5) is 20.3. The molecule has 0 saturated carbocycles. The Hall–Kier alpha value is -3.66. The summed E-state index contributed by atoms with van der Waals surface area (Å²) in [6.07, 6.45) is 6.24. The fourth-order valence-corrected chi connectivity index (χ4v) is 5.26. The van der Waals surface area contributed by atoms with Crippen molar-refractivity contribution in [2.24, 2.45) is 5.92 Å². The maximum atomic E-state index is 13.6. The first-order valence-electron chi connectivity index (χ1n) is 12.5. The number of methoxy groups -OCH3 is 1. The molecule has 0 spiro atoms. The van der Waals surface area contributed by atoms with Crippen molar-refractivity contribution in [3.63, 3.8) is 0 Å². The number of para-hydroxylation sites is 1. The minimum Gasteiger partial charge on any atom is -0.497 e. The van der Waals surface area contributed by atoms with Gasteiger partial charge in [-0.2, -0.15) is 0 Å². The van der Waals surface area contributed by atoms with E-state index in [2.05, 4.69) is 47.1 Å². The molecule has 35 heavy (non-hydrogen) atoms. The van der Waals surface area contributed by atoms with Gasteiger partial charge in [-0.05, 0) is 91.1 Å². The zero-order valence-electron chi connectivity index (χ0n) is 20.5. The van der Waals surface area contributed by atoms with E-state index < -0.39 is 0 Å². The Bertz CT molecular complexity index is 1330. The lowest BCUT2D eigenvalue weighted by atomic mass is 9.93. The fraction of sp³-hybridized carbons (Fsp3) is 0.290. The second-order valence-electron chi connectivity index (χ2n) is 9.54. The van der Waals surface area contributed by atoms with Gasteiger partial charge in [-0.15, -0.1) is 0 Å². The molecule has 1 fully saturated rings. The smallest absolute Gasteiger partial charge is 0.254 e. The van der Waals surface area contributed by atoms with Gasteiger partial charge >= 0.3 is 0 Å². The first-order valence-corrected chi connectivity index (χ1v) is 12.5. The van der Waals surface area contributed by atoms with Crippen LogP contribution in [0, 0.1) is 12.8 Å². The molecule has 1 amide bonds. The van der Waals surface area contributed by atoms with E-state index in [9.17, 15) is 4.79 Å². The summed E-state index contributed by atoms with van der Waals surface area (Å²) in [6, 6.07) is 24.6. The van der Waals surface area contributed by atoms with Crippen LogP contribution in [-0.2, 0) is 6.42 Å². The van der Waals surface area contributed by atoms with Gasteiger partial charge in [-0.25, -0.2) is 0 Å². The van der Waals surface area contributed by atoms with Crippen molar-refractivity contribution in [1.29, 1.82) is 0 Å². The second-order valence-corrected chi connectivity index (χ2v) is 9.54. The third-order valence-electron chi connectivity index (χ3n) is 7.27. The SMILES string of the molecule is COc1ccc(-c2cccc(C(=O)N3CCCC(Cc4cnc5ccccc5c4)CC3)c2C)cc1. The molecular formula is C31H32N2O2. The topological polar surface area (TPSA) is 42.4 Å². The van der Waals surface area contributed by atoms with Crippen LogP contribution in [0.2, 0.25) is 0 Å². The van der Waals surface area contributed by atoms with Crippen molar-refractivity contribution < 1.29 is 9.53 Å². The first kappa shape index (κ1) is 23.1. The number of nitrogens with zero attached hydrogens (tertiary/aromatic N) is 2. The van der Waals surface area contributed by atoms with Gasteiger partial charge in [-0.3, -0.25) is 9.78 Å². The minimum absolute atomic E-state index is 0.144. The molecule has 4 nitrogen and oxygen atoms in total. The highest BCUT2D eigenvalue weighted by Crippen LogP contribution is 2.29. The molecule has 5 rings (SSSR count). The fourth-order valence-electron chi connectivity index (χ4n) is 5.26. The number of carbonyl (C=O) groups is 1. The number of rotatable bonds is 5. The Labute approximate surface area is 207 Å². The monoisotopic (exact) mass is 464 g/mol. The predicted molar refractivity (Wildman–Crippen MR) is 142 cm³/mol. The van der Waals surface area contributed by atoms with E-state index in [-0.39, 0.29) is 5.91 Å². The van der Waals surface area contributed by atoms with E-state index >= 15 is 0 Å². The number of amides is 1. The zero-order chi connectivity index (χ0) is 24.2. The van der Waals surface area contributed by atoms with Gasteiger partial charge in [0.15, 0.2) is 0 Å². The lowest BCUT2D eigenvalue weighted by molar-refractivity contribution is 0.0759. The molecule has 2 heterocycles. The number of fused-ring (bicyclic) bond motifs is 1. The van der Waals surface area contributed by atoms with E-state index in [1.54, 1.807) is 7.11 Å². The Morgan fingerprint density at radius 1 is 1.00 bits per heavy atom. The third kappa shape index (κ3) is 5.07. The molecule has 4 aromatic rings. The molecule has 1 aliphatic rings. The Kier molecular flexibility index (Phi) is 6.80. The third-order valence-corrected chi connectivity index (χ3v) is 7.27. The maximum Gasteiger partial charge on any atom is 0.254 e. The van der Waals surface area contributed by atoms with Gasteiger partial charge in [0, 0.05) is 30.2 Å². The maximum absolute atomic E-state index is 13.6. The predicted octanol–water partition coefficient (Wildman–Crippen LogP) is 6.70. The van der Waals surface area contributed by atoms with Crippen molar-refractivity contribution in [2.75, 3.05) is 20.2 Å². The average Bonchev–Trinajstić information content (AvgIpc) is 3.14. The van der Waals surface area contributed by atoms with Crippen molar-refractivity contribution in [3.05, 3.63) is 95.7 Å². The van der Waals surface area contributed by atoms with Crippen molar-refractivity contribution >= 4 is 16.8 Å². The molecule has 0 N–H and O–H groups in total. The molecule has 1 unspecified atom stereocenters. The number of carbonyl (C=O) groups excluding carboxylic acids is 1. The van der Waals surface area contributed by atoms with Gasteiger partial charge < -0.3 is 9.64 Å². The number of hydrogen-bond donors (Lipinski definition) is 0. The summed E-state index contributed by atoms with van der Waals surface area (Å²) >= 11 is 0. The zero-order valence-corrected chi connectivity index (χ0v) is 20.5. The second kappa shape index (κ2) is 10.3. The summed E-state index contributed by atoms with van der Waals surface area (Å²) in [5, 5.41) is 1.20. The van der Waals surface area contributed by atoms with Gasteiger partial charge in [0.2, 0.25) is 0 Å². The first-order chi connectivity index (χ1) is 17.1. The van der Waals surface area contributed by atoms with E-state index in [1.165, 1.54) is 10.9 Å². The van der Waals surface area contributed by atoms with Crippen LogP contribution in [0.4, 0.5) is 0 Å². The van der Waals surface area contributed by atoms with Crippen molar-refractivity contribution in [3.8, 4) is 16.9 Å². The van der Waals surface area contributed by atoms with E-state index in [0.717, 1.165) is 72.3 Å². The highest BCUT2D eigenvalue weighted by atomic mass is 16.5. The van der Waals surface area contributed by atoms with Crippen LogP contribution in [0.15, 0.2) is 79.0 Å². The van der Waals surface area contributed by atoms with Gasteiger partial charge in [0.05, 0.1) is 12.6 Å². The largest absolute Gasteiger partial charge is 0.497 e. The molecule has 1 aromatic heterocycles. The highest BCUT2D eigenvalue weighted by molar-refractivity contribution is 5.97. The van der Waals surface area contributed by atoms with Crippen LogP contribution in [0.1, 0.15) is 40.7 Å². The van der Waals surface area contributed by atoms with Crippen LogP contribution in [-0.4, -0.2) is 36.0 Å². The van der Waals surface area contributed by atoms with Gasteiger partial charge in [0.25, 0.3) is 5.91 Å². The number of hydrogen-bond acceptors (Lipinski definition) is 3. The molecule has 1 aliphatic heterocycles. The lowest BCUT2D eigenvalue weighted by Crippen LogP contribution is -2.32. The Morgan fingerprint density at radius 2 is 1.83 bits per heavy atom. The Morgan fingerprint density at radius 3 is 2.66 bits per heavy atom.